The number of carbonyl (C=O) groups excluding carboxylic acids is 2. The van der Waals surface area contributed by atoms with Gasteiger partial charge in [0.05, 0.1) is 18.6 Å². The van der Waals surface area contributed by atoms with Gasteiger partial charge in [-0.05, 0) is 23.8 Å². The zero-order chi connectivity index (χ0) is 20.1. The van der Waals surface area contributed by atoms with Crippen LogP contribution in [0.15, 0.2) is 54.6 Å². The molecule has 2 N–H and O–H groups in total. The molecule has 0 spiro atoms. The van der Waals surface area contributed by atoms with Crippen molar-refractivity contribution < 1.29 is 22.7 Å². The summed E-state index contributed by atoms with van der Waals surface area (Å²) in [5, 5.41) is 2.73. The molecular weight excluding hydrogens is 382 g/mol. The topological polar surface area (TPSA) is 105 Å². The summed E-state index contributed by atoms with van der Waals surface area (Å²) in [6, 6.07) is 14.9. The van der Waals surface area contributed by atoms with Crippen LogP contribution in [-0.2, 0) is 30.9 Å². The van der Waals surface area contributed by atoms with E-state index in [4.69, 9.17) is 4.74 Å². The molecule has 0 saturated carbocycles. The Kier molecular flexibility index (Phi) is 5.96. The number of morpholine rings is 1. The van der Waals surface area contributed by atoms with E-state index < -0.39 is 22.0 Å². The molecule has 1 saturated heterocycles. The number of sulfonamides is 1. The number of amides is 2. The van der Waals surface area contributed by atoms with Crippen LogP contribution in [0.1, 0.15) is 5.56 Å². The molecule has 0 aliphatic carbocycles. The third-order valence-corrected chi connectivity index (χ3v) is 4.74. The molecule has 148 valence electrons. The Bertz CT molecular complexity index is 963. The molecule has 9 heteroatoms. The van der Waals surface area contributed by atoms with Gasteiger partial charge in [-0.15, -0.1) is 0 Å². The van der Waals surface area contributed by atoms with Crippen molar-refractivity contribution in [1.29, 1.82) is 0 Å². The summed E-state index contributed by atoms with van der Waals surface area (Å²) >= 11 is 0. The fourth-order valence-corrected chi connectivity index (χ4v) is 3.46. The number of carbonyl (C=O) groups is 2. The van der Waals surface area contributed by atoms with E-state index in [0.29, 0.717) is 17.9 Å². The average Bonchev–Trinajstić information content (AvgIpc) is 2.63. The summed E-state index contributed by atoms with van der Waals surface area (Å²) in [6.07, 6.45) is 1.05. The van der Waals surface area contributed by atoms with Gasteiger partial charge in [0, 0.05) is 12.2 Å². The van der Waals surface area contributed by atoms with Crippen molar-refractivity contribution in [3.63, 3.8) is 0 Å². The number of ether oxygens (including phenoxy) is 1. The Morgan fingerprint density at radius 2 is 1.86 bits per heavy atom. The van der Waals surface area contributed by atoms with E-state index in [0.717, 1.165) is 11.8 Å². The molecule has 1 heterocycles. The normalized spacial score (nSPS) is 17.2. The first kappa shape index (κ1) is 19.8. The Balaban J connectivity index is 1.74. The molecule has 3 rings (SSSR count). The highest BCUT2D eigenvalue weighted by Gasteiger charge is 2.34. The zero-order valence-electron chi connectivity index (χ0n) is 15.3. The van der Waals surface area contributed by atoms with Crippen molar-refractivity contribution in [1.82, 2.24) is 4.90 Å². The van der Waals surface area contributed by atoms with Crippen LogP contribution in [0.2, 0.25) is 0 Å². The summed E-state index contributed by atoms with van der Waals surface area (Å²) in [4.78, 5) is 26.6. The van der Waals surface area contributed by atoms with Crippen LogP contribution in [0.25, 0.3) is 0 Å². The lowest BCUT2D eigenvalue weighted by atomic mass is 10.1. The largest absolute Gasteiger partial charge is 0.369 e. The fourth-order valence-electron chi connectivity index (χ4n) is 2.90. The summed E-state index contributed by atoms with van der Waals surface area (Å²) in [7, 11) is -3.43. The second-order valence-electron chi connectivity index (χ2n) is 6.48. The molecular formula is C19H21N3O5S. The van der Waals surface area contributed by atoms with Crippen molar-refractivity contribution in [2.75, 3.05) is 29.5 Å². The number of hydrogen-bond donors (Lipinski definition) is 2. The molecule has 28 heavy (non-hydrogen) atoms. The van der Waals surface area contributed by atoms with Gasteiger partial charge < -0.3 is 15.0 Å². The first-order valence-electron chi connectivity index (χ1n) is 8.62. The van der Waals surface area contributed by atoms with Crippen molar-refractivity contribution >= 4 is 33.2 Å². The smallest absolute Gasteiger partial charge is 0.249 e. The van der Waals surface area contributed by atoms with Crippen molar-refractivity contribution in [3.05, 3.63) is 60.2 Å². The van der Waals surface area contributed by atoms with E-state index in [1.807, 2.05) is 30.3 Å². The number of nitrogens with zero attached hydrogens (tertiary/aromatic N) is 1. The number of nitrogens with one attached hydrogen (secondary N) is 2. The van der Waals surface area contributed by atoms with Gasteiger partial charge >= 0.3 is 0 Å². The van der Waals surface area contributed by atoms with Crippen molar-refractivity contribution in [3.8, 4) is 0 Å². The van der Waals surface area contributed by atoms with Crippen LogP contribution in [0.4, 0.5) is 11.4 Å². The molecule has 2 aromatic carbocycles. The van der Waals surface area contributed by atoms with Crippen LogP contribution < -0.4 is 10.0 Å². The third kappa shape index (κ3) is 5.30. The summed E-state index contributed by atoms with van der Waals surface area (Å²) in [5.74, 6) is -0.664. The van der Waals surface area contributed by atoms with E-state index in [9.17, 15) is 18.0 Å². The van der Waals surface area contributed by atoms with E-state index in [2.05, 4.69) is 10.0 Å². The Morgan fingerprint density at radius 3 is 2.57 bits per heavy atom. The monoisotopic (exact) mass is 403 g/mol. The second-order valence-corrected chi connectivity index (χ2v) is 8.23. The van der Waals surface area contributed by atoms with E-state index in [1.165, 1.54) is 11.0 Å². The molecule has 2 aromatic rings. The standard InChI is InChI=1S/C19H21N3O5S/c1-28(25,26)21-16-9-5-8-15(10-16)20-19(24)17-12-27-13-18(23)22(17)11-14-6-3-2-4-7-14/h2-10,17,21H,11-13H2,1H3,(H,20,24)/t17-/m0/s1. The predicted molar refractivity (Wildman–Crippen MR) is 105 cm³/mol. The van der Waals surface area contributed by atoms with E-state index in [1.54, 1.807) is 18.2 Å². The van der Waals surface area contributed by atoms with Crippen LogP contribution in [0.5, 0.6) is 0 Å². The fraction of sp³-hybridized carbons (Fsp3) is 0.263. The van der Waals surface area contributed by atoms with Gasteiger partial charge in [0.15, 0.2) is 0 Å². The zero-order valence-corrected chi connectivity index (χ0v) is 16.1. The number of anilines is 2. The van der Waals surface area contributed by atoms with Crippen molar-refractivity contribution in [2.24, 2.45) is 0 Å². The Hall–Kier alpha value is -2.91. The maximum atomic E-state index is 12.8. The summed E-state index contributed by atoms with van der Waals surface area (Å²) < 4.78 is 30.4. The first-order chi connectivity index (χ1) is 13.3. The highest BCUT2D eigenvalue weighted by molar-refractivity contribution is 7.92. The minimum Gasteiger partial charge on any atom is -0.369 e. The quantitative estimate of drug-likeness (QED) is 0.759. The number of rotatable bonds is 6. The van der Waals surface area contributed by atoms with Crippen LogP contribution >= 0.6 is 0 Å². The minimum absolute atomic E-state index is 0.0651. The molecule has 0 bridgehead atoms. The molecule has 1 aliphatic heterocycles. The number of hydrogen-bond acceptors (Lipinski definition) is 5. The van der Waals surface area contributed by atoms with Crippen LogP contribution in [0.3, 0.4) is 0 Å². The number of benzene rings is 2. The van der Waals surface area contributed by atoms with Gasteiger partial charge in [-0.1, -0.05) is 36.4 Å². The third-order valence-electron chi connectivity index (χ3n) is 4.13. The molecule has 8 nitrogen and oxygen atoms in total. The lowest BCUT2D eigenvalue weighted by Gasteiger charge is -2.34. The van der Waals surface area contributed by atoms with Crippen molar-refractivity contribution in [2.45, 2.75) is 12.6 Å². The first-order valence-corrected chi connectivity index (χ1v) is 10.5. The highest BCUT2D eigenvalue weighted by Crippen LogP contribution is 2.19. The maximum Gasteiger partial charge on any atom is 0.249 e. The predicted octanol–water partition coefficient (Wildman–Crippen LogP) is 1.42. The Labute approximate surface area is 163 Å². The van der Waals surface area contributed by atoms with Gasteiger partial charge in [-0.3, -0.25) is 14.3 Å². The lowest BCUT2D eigenvalue weighted by Crippen LogP contribution is -2.54. The molecule has 2 amide bonds. The van der Waals surface area contributed by atoms with Gasteiger partial charge in [0.1, 0.15) is 12.6 Å². The Morgan fingerprint density at radius 1 is 1.14 bits per heavy atom. The molecule has 1 fully saturated rings. The maximum absolute atomic E-state index is 12.8. The van der Waals surface area contributed by atoms with Gasteiger partial charge in [-0.2, -0.15) is 0 Å². The lowest BCUT2D eigenvalue weighted by molar-refractivity contribution is -0.154. The minimum atomic E-state index is -3.43. The van der Waals surface area contributed by atoms with Crippen LogP contribution in [0, 0.1) is 0 Å². The van der Waals surface area contributed by atoms with E-state index in [-0.39, 0.29) is 19.1 Å². The van der Waals surface area contributed by atoms with Crippen LogP contribution in [-0.4, -0.2) is 50.6 Å². The highest BCUT2D eigenvalue weighted by atomic mass is 32.2. The molecule has 0 radical (unpaired) electrons. The summed E-state index contributed by atoms with van der Waals surface area (Å²) in [6.45, 7) is 0.326. The van der Waals surface area contributed by atoms with Gasteiger partial charge in [0.25, 0.3) is 0 Å². The molecule has 0 unspecified atom stereocenters. The SMILES string of the molecule is CS(=O)(=O)Nc1cccc(NC(=O)[C@@H]2COCC(=O)N2Cc2ccccc2)c1. The van der Waals surface area contributed by atoms with Gasteiger partial charge in [-0.25, -0.2) is 8.42 Å². The van der Waals surface area contributed by atoms with E-state index >= 15 is 0 Å². The summed E-state index contributed by atoms with van der Waals surface area (Å²) in [5.41, 5.74) is 1.66. The average molecular weight is 403 g/mol. The van der Waals surface area contributed by atoms with Gasteiger partial charge in [0.2, 0.25) is 21.8 Å². The second kappa shape index (κ2) is 8.41. The molecule has 1 aliphatic rings. The molecule has 0 aromatic heterocycles. The molecule has 1 atom stereocenters.